The molecule has 0 spiro atoms. The van der Waals surface area contributed by atoms with E-state index in [1.165, 1.54) is 11.1 Å². The van der Waals surface area contributed by atoms with E-state index in [-0.39, 0.29) is 46.1 Å². The van der Waals surface area contributed by atoms with E-state index in [0.29, 0.717) is 39.4 Å². The molecule has 16 rings (SSSR count). The largest absolute Gasteiger partial charge is 0.452 e. The van der Waals surface area contributed by atoms with Crippen molar-refractivity contribution in [1.82, 2.24) is 4.57 Å². The van der Waals surface area contributed by atoms with Crippen molar-refractivity contribution in [2.24, 2.45) is 0 Å². The topological polar surface area (TPSA) is 24.6 Å². The minimum absolute atomic E-state index is 0.0617. The van der Waals surface area contributed by atoms with E-state index in [9.17, 15) is 5.48 Å². The lowest BCUT2D eigenvalue weighted by molar-refractivity contribution is 0.589. The van der Waals surface area contributed by atoms with Gasteiger partial charge < -0.3 is 18.8 Å². The van der Waals surface area contributed by atoms with Crippen LogP contribution in [0.1, 0.15) is 115 Å². The normalized spacial score (nSPS) is 15.5. The van der Waals surface area contributed by atoms with Crippen LogP contribution < -0.4 is 9.80 Å². The van der Waals surface area contributed by atoms with Crippen LogP contribution in [0.3, 0.4) is 0 Å². The van der Waals surface area contributed by atoms with Crippen molar-refractivity contribution in [3.05, 3.63) is 294 Å². The zero-order chi connectivity index (χ0) is 69.4. The molecule has 432 valence electrons. The Morgan fingerprint density at radius 3 is 1.28 bits per heavy atom. The van der Waals surface area contributed by atoms with E-state index < -0.39 is 47.6 Å². The van der Waals surface area contributed by atoms with Crippen molar-refractivity contribution in [1.29, 1.82) is 0 Å². The molecule has 2 aliphatic rings. The first-order chi connectivity index (χ1) is 47.2. The summed E-state index contributed by atoms with van der Waals surface area (Å²) < 4.78 is 100. The second kappa shape index (κ2) is 20.2. The van der Waals surface area contributed by atoms with Crippen LogP contribution in [0.5, 0.6) is 0 Å². The molecule has 2 aliphatic heterocycles. The van der Waals surface area contributed by atoms with Crippen LogP contribution >= 0.6 is 0 Å². The summed E-state index contributed by atoms with van der Waals surface area (Å²) in [6.45, 7) is 20.1. The maximum atomic E-state index is 9.41. The molecular weight excluding hydrogens is 1080 g/mol. The predicted molar refractivity (Wildman–Crippen MR) is 376 cm³/mol. The number of furan rings is 1. The van der Waals surface area contributed by atoms with Crippen molar-refractivity contribution in [2.75, 3.05) is 9.80 Å². The molecule has 0 aliphatic carbocycles. The highest BCUT2D eigenvalue weighted by Crippen LogP contribution is 2.63. The van der Waals surface area contributed by atoms with E-state index >= 15 is 0 Å². The lowest BCUT2D eigenvalue weighted by Gasteiger charge is -2.46. The molecule has 4 nitrogen and oxygen atoms in total. The van der Waals surface area contributed by atoms with E-state index in [1.54, 1.807) is 0 Å². The van der Waals surface area contributed by atoms with Crippen molar-refractivity contribution in [3.8, 4) is 50.2 Å². The fraction of sp³-hybridized carbons (Fsp3) is 0.153. The van der Waals surface area contributed by atoms with Crippen molar-refractivity contribution in [2.45, 2.75) is 84.5 Å². The van der Waals surface area contributed by atoms with Gasteiger partial charge in [0, 0.05) is 38.7 Å². The Labute approximate surface area is 536 Å². The summed E-state index contributed by atoms with van der Waals surface area (Å²) >= 11 is 0. The number of para-hydroxylation sites is 2. The smallest absolute Gasteiger partial charge is 0.159 e. The first-order valence-corrected chi connectivity index (χ1v) is 30.7. The van der Waals surface area contributed by atoms with Gasteiger partial charge in [-0.15, -0.1) is 0 Å². The zero-order valence-corrected chi connectivity index (χ0v) is 51.4. The van der Waals surface area contributed by atoms with Crippen LogP contribution in [-0.2, 0) is 16.2 Å². The van der Waals surface area contributed by atoms with Gasteiger partial charge in [-0.05, 0) is 167 Å². The maximum absolute atomic E-state index is 9.41. The molecule has 0 radical (unpaired) electrons. The summed E-state index contributed by atoms with van der Waals surface area (Å²) in [6, 6.07) is 65.8. The predicted octanol–water partition coefficient (Wildman–Crippen LogP) is 24.0. The molecule has 14 aromatic rings. The molecule has 12 aromatic carbocycles. The third kappa shape index (κ3) is 8.94. The minimum Gasteiger partial charge on any atom is -0.452 e. The van der Waals surface area contributed by atoms with Gasteiger partial charge in [0.05, 0.1) is 58.9 Å². The highest BCUT2D eigenvalue weighted by Gasteiger charge is 2.43. The van der Waals surface area contributed by atoms with Gasteiger partial charge in [0.2, 0.25) is 0 Å². The molecule has 89 heavy (non-hydrogen) atoms. The zero-order valence-electron chi connectivity index (χ0n) is 61.4. The molecule has 0 saturated carbocycles. The first kappa shape index (κ1) is 44.3. The molecule has 0 saturated heterocycles. The van der Waals surface area contributed by atoms with E-state index in [1.807, 2.05) is 72.8 Å². The summed E-state index contributed by atoms with van der Waals surface area (Å²) in [7, 11) is 0. The molecule has 1 atom stereocenters. The number of hydrogen-bond acceptors (Lipinski definition) is 3. The summed E-state index contributed by atoms with van der Waals surface area (Å²) in [4.78, 5) is 4.54. The van der Waals surface area contributed by atoms with Crippen molar-refractivity contribution < 1.29 is 18.1 Å². The number of hydrogen-bond donors (Lipinski definition) is 0. The van der Waals surface area contributed by atoms with Crippen LogP contribution in [0.4, 0.5) is 34.1 Å². The molecule has 4 heteroatoms. The van der Waals surface area contributed by atoms with Gasteiger partial charge in [0.1, 0.15) is 0 Å². The minimum atomic E-state index is -0.551. The average molecular weight is 1160 g/mol. The highest BCUT2D eigenvalue weighted by atomic mass is 16.3. The Hall–Kier alpha value is -10.2. The Morgan fingerprint density at radius 1 is 0.326 bits per heavy atom. The molecule has 2 aromatic heterocycles. The third-order valence-corrected chi connectivity index (χ3v) is 18.4. The molecule has 0 N–H and O–H groups in total. The summed E-state index contributed by atoms with van der Waals surface area (Å²) in [5.41, 5.74) is 19.2. The van der Waals surface area contributed by atoms with E-state index in [0.717, 1.165) is 99.8 Å². The summed E-state index contributed by atoms with van der Waals surface area (Å²) in [5, 5.41) is 4.09. The fourth-order valence-electron chi connectivity index (χ4n) is 13.8. The monoisotopic (exact) mass is 1160 g/mol. The van der Waals surface area contributed by atoms with Gasteiger partial charge in [-0.2, -0.15) is 0 Å². The second-order valence-electron chi connectivity index (χ2n) is 27.0. The molecular formula is C85H71N3O. The fourth-order valence-corrected chi connectivity index (χ4v) is 13.8. The standard InChI is InChI=1S/C85H71N3O/c1-83(2,3)61-38-42-71-69(49-61)70-50-62(84(4,5)6)39-43-72(70)87(71)73-34-22-32-65-66-33-23-35-74(82(66)89-81(65)73)88-76-48-58(54-26-16-11-17-27-54)37-41-68(76)79-67-40-36-57(53-24-14-10-15-25-53)47-75(67)86(77-51-63(85(7,8)9)52-78(88)80(77)79)64-45-59(55-28-18-12-19-29-55)44-60(46-64)56-30-20-13-21-31-56/h10-52,79H,1-9H3/i10D,11D,14D,15D,16D,17D,24D,25D,26D,27D. The second-order valence-corrected chi connectivity index (χ2v) is 27.0. The molecule has 0 amide bonds. The Bertz CT molecular complexity index is 5590. The van der Waals surface area contributed by atoms with Crippen molar-refractivity contribution in [3.63, 3.8) is 0 Å². The third-order valence-electron chi connectivity index (χ3n) is 18.4. The molecule has 4 heterocycles. The summed E-state index contributed by atoms with van der Waals surface area (Å²) in [6.07, 6.45) is 0. The van der Waals surface area contributed by atoms with Crippen molar-refractivity contribution >= 4 is 77.9 Å². The number of nitrogens with zero attached hydrogens (tertiary/aromatic N) is 3. The first-order valence-electron chi connectivity index (χ1n) is 35.7. The Kier molecular flexibility index (Phi) is 10.1. The highest BCUT2D eigenvalue weighted by molar-refractivity contribution is 6.16. The number of aromatic nitrogens is 1. The lowest BCUT2D eigenvalue weighted by Crippen LogP contribution is -2.30. The van der Waals surface area contributed by atoms with Crippen LogP contribution in [0, 0.1) is 0 Å². The van der Waals surface area contributed by atoms with Crippen LogP contribution in [0.25, 0.3) is 93.9 Å². The summed E-state index contributed by atoms with van der Waals surface area (Å²) in [5.74, 6) is -0.551. The average Bonchev–Trinajstić information content (AvgIpc) is 0.979. The number of rotatable bonds is 7. The van der Waals surface area contributed by atoms with Gasteiger partial charge in [-0.3, -0.25) is 0 Å². The van der Waals surface area contributed by atoms with Gasteiger partial charge >= 0.3 is 0 Å². The SMILES string of the molecule is [2H]c1c([2H])c([2H])c(-c2ccc3c(c2)N(c2cc(-c4ccccc4)cc(-c4ccccc4)c2)c2cc(C(C)(C)C)cc4c2C3c2ccc(-c3c([2H])c([2H])c([2H])c([2H])c3[2H])cc2N4c2cccc3c2oc2c(-n4c5ccc(C(C)(C)C)cc5c5cc(C(C)(C)C)ccc54)cccc23)c([2H])c1[2H]. The molecule has 1 unspecified atom stereocenters. The molecule has 0 bridgehead atoms. The maximum Gasteiger partial charge on any atom is 0.159 e. The van der Waals surface area contributed by atoms with Crippen LogP contribution in [-0.4, -0.2) is 4.57 Å². The van der Waals surface area contributed by atoms with E-state index in [4.69, 9.17) is 12.6 Å². The Balaban J connectivity index is 1.02. The number of benzene rings is 12. The number of anilines is 6. The van der Waals surface area contributed by atoms with E-state index in [2.05, 4.69) is 204 Å². The van der Waals surface area contributed by atoms with Gasteiger partial charge in [0.25, 0.3) is 0 Å². The quantitative estimate of drug-likeness (QED) is 0.159. The van der Waals surface area contributed by atoms with Crippen LogP contribution in [0.15, 0.2) is 265 Å². The van der Waals surface area contributed by atoms with Gasteiger partial charge in [-0.1, -0.05) is 244 Å². The van der Waals surface area contributed by atoms with Gasteiger partial charge in [0.15, 0.2) is 11.2 Å². The van der Waals surface area contributed by atoms with Gasteiger partial charge in [-0.25, -0.2) is 0 Å². The van der Waals surface area contributed by atoms with Crippen LogP contribution in [0.2, 0.25) is 0 Å². The number of fused-ring (bicyclic) bond motifs is 10. The lowest BCUT2D eigenvalue weighted by atomic mass is 9.73. The molecule has 0 fully saturated rings. The Morgan fingerprint density at radius 2 is 0.787 bits per heavy atom.